The Bertz CT molecular complexity index is 313. The largest absolute Gasteiger partial charge is 0.385 e. The zero-order valence-electron chi connectivity index (χ0n) is 10.3. The number of unbranched alkanes of at least 4 members (excludes halogenated alkanes) is 1. The summed E-state index contributed by atoms with van der Waals surface area (Å²) in [6.45, 7) is 7.89. The Labute approximate surface area is 98.8 Å². The lowest BCUT2D eigenvalue weighted by Crippen LogP contribution is -2.30. The third-order valence-corrected chi connectivity index (χ3v) is 3.23. The molecule has 16 heavy (non-hydrogen) atoms. The Balaban J connectivity index is 2.85. The minimum atomic E-state index is -0.807. The summed E-state index contributed by atoms with van der Waals surface area (Å²) in [6.07, 6.45) is 5.14. The molecule has 0 spiro atoms. The molecule has 0 heterocycles. The van der Waals surface area contributed by atoms with Crippen LogP contribution < -0.4 is 0 Å². The van der Waals surface area contributed by atoms with Crippen LogP contribution in [0.1, 0.15) is 38.7 Å². The average Bonchev–Trinajstić information content (AvgIpc) is 2.31. The summed E-state index contributed by atoms with van der Waals surface area (Å²) in [4.78, 5) is 0. The maximum absolute atomic E-state index is 10.6. The second kappa shape index (κ2) is 5.86. The zero-order valence-corrected chi connectivity index (χ0v) is 10.3. The summed E-state index contributed by atoms with van der Waals surface area (Å²) in [5.41, 5.74) is 0.161. The lowest BCUT2D eigenvalue weighted by molar-refractivity contribution is 0.00962. The molecular formula is C15H22O. The monoisotopic (exact) mass is 218 g/mol. The second-order valence-corrected chi connectivity index (χ2v) is 4.50. The van der Waals surface area contributed by atoms with Crippen LogP contribution in [0.15, 0.2) is 43.0 Å². The summed E-state index contributed by atoms with van der Waals surface area (Å²) in [7, 11) is 0. The fourth-order valence-corrected chi connectivity index (χ4v) is 2.04. The molecule has 2 unspecified atom stereocenters. The van der Waals surface area contributed by atoms with Crippen molar-refractivity contribution in [1.29, 1.82) is 0 Å². The second-order valence-electron chi connectivity index (χ2n) is 4.50. The molecule has 2 atom stereocenters. The minimum absolute atomic E-state index is 0.120. The van der Waals surface area contributed by atoms with Gasteiger partial charge in [-0.05, 0) is 18.9 Å². The molecule has 1 rings (SSSR count). The predicted octanol–water partition coefficient (Wildman–Crippen LogP) is 3.89. The van der Waals surface area contributed by atoms with Crippen molar-refractivity contribution in [3.8, 4) is 0 Å². The van der Waals surface area contributed by atoms with Crippen molar-refractivity contribution in [3.63, 3.8) is 0 Å². The van der Waals surface area contributed by atoms with Crippen LogP contribution in [-0.2, 0) is 5.60 Å². The number of hydrogen-bond acceptors (Lipinski definition) is 1. The Morgan fingerprint density at radius 1 is 1.38 bits per heavy atom. The van der Waals surface area contributed by atoms with E-state index in [1.807, 2.05) is 43.3 Å². The lowest BCUT2D eigenvalue weighted by Gasteiger charge is -2.31. The normalized spacial score (nSPS) is 16.4. The van der Waals surface area contributed by atoms with E-state index in [9.17, 15) is 5.11 Å². The van der Waals surface area contributed by atoms with E-state index in [0.29, 0.717) is 0 Å². The first-order chi connectivity index (χ1) is 7.62. The van der Waals surface area contributed by atoms with Crippen molar-refractivity contribution in [2.45, 2.75) is 38.7 Å². The van der Waals surface area contributed by atoms with Gasteiger partial charge in [0.2, 0.25) is 0 Å². The fraction of sp³-hybridized carbons (Fsp3) is 0.467. The molecular weight excluding hydrogens is 196 g/mol. The molecule has 0 radical (unpaired) electrons. The molecule has 0 saturated carbocycles. The lowest BCUT2D eigenvalue weighted by atomic mass is 9.80. The molecule has 0 saturated heterocycles. The first kappa shape index (κ1) is 13.0. The molecule has 0 aromatic heterocycles. The molecule has 0 amide bonds. The van der Waals surface area contributed by atoms with Crippen LogP contribution in [0, 0.1) is 5.92 Å². The van der Waals surface area contributed by atoms with Crippen molar-refractivity contribution in [3.05, 3.63) is 48.6 Å². The first-order valence-corrected chi connectivity index (χ1v) is 6.03. The van der Waals surface area contributed by atoms with Crippen LogP contribution in [0.2, 0.25) is 0 Å². The standard InChI is InChI=1S/C15H22O/c1-4-6-10-13(5-2)15(3,16)14-11-8-7-9-12-14/h5,7-9,11-13,16H,2,4,6,10H2,1,3H3. The Kier molecular flexibility index (Phi) is 4.75. The molecule has 1 aromatic carbocycles. The van der Waals surface area contributed by atoms with Crippen LogP contribution in [0.25, 0.3) is 0 Å². The van der Waals surface area contributed by atoms with Gasteiger partial charge in [-0.25, -0.2) is 0 Å². The SMILES string of the molecule is C=CC(CCCC)C(C)(O)c1ccccc1. The van der Waals surface area contributed by atoms with E-state index in [1.54, 1.807) is 0 Å². The third kappa shape index (κ3) is 2.96. The molecule has 0 bridgehead atoms. The summed E-state index contributed by atoms with van der Waals surface area (Å²) < 4.78 is 0. The van der Waals surface area contributed by atoms with Crippen molar-refractivity contribution in [2.75, 3.05) is 0 Å². The highest BCUT2D eigenvalue weighted by Gasteiger charge is 2.30. The quantitative estimate of drug-likeness (QED) is 0.718. The molecule has 0 aliphatic carbocycles. The van der Waals surface area contributed by atoms with E-state index in [0.717, 1.165) is 24.8 Å². The summed E-state index contributed by atoms with van der Waals surface area (Å²) in [5, 5.41) is 10.6. The van der Waals surface area contributed by atoms with Gasteiger partial charge in [-0.3, -0.25) is 0 Å². The number of hydrogen-bond donors (Lipinski definition) is 1. The van der Waals surface area contributed by atoms with E-state index < -0.39 is 5.60 Å². The zero-order chi connectivity index (χ0) is 12.0. The van der Waals surface area contributed by atoms with E-state index in [1.165, 1.54) is 0 Å². The molecule has 1 nitrogen and oxygen atoms in total. The molecule has 0 fully saturated rings. The van der Waals surface area contributed by atoms with Crippen LogP contribution in [0.4, 0.5) is 0 Å². The van der Waals surface area contributed by atoms with Gasteiger partial charge in [0.15, 0.2) is 0 Å². The molecule has 1 N–H and O–H groups in total. The number of aliphatic hydroxyl groups is 1. The smallest absolute Gasteiger partial charge is 0.0930 e. The molecule has 88 valence electrons. The summed E-state index contributed by atoms with van der Waals surface area (Å²) in [5.74, 6) is 0.120. The van der Waals surface area contributed by atoms with Gasteiger partial charge in [-0.2, -0.15) is 0 Å². The van der Waals surface area contributed by atoms with Crippen molar-refractivity contribution in [2.24, 2.45) is 5.92 Å². The van der Waals surface area contributed by atoms with Gasteiger partial charge in [0.1, 0.15) is 0 Å². The highest BCUT2D eigenvalue weighted by Crippen LogP contribution is 2.33. The molecule has 1 aromatic rings. The van der Waals surface area contributed by atoms with Gasteiger partial charge >= 0.3 is 0 Å². The van der Waals surface area contributed by atoms with Gasteiger partial charge < -0.3 is 5.11 Å². The van der Waals surface area contributed by atoms with Gasteiger partial charge in [0, 0.05) is 5.92 Å². The fourth-order valence-electron chi connectivity index (χ4n) is 2.04. The van der Waals surface area contributed by atoms with Crippen LogP contribution in [0.5, 0.6) is 0 Å². The number of benzene rings is 1. The van der Waals surface area contributed by atoms with Crippen LogP contribution in [0.3, 0.4) is 0 Å². The predicted molar refractivity (Wildman–Crippen MR) is 69.2 cm³/mol. The molecule has 1 heteroatoms. The van der Waals surface area contributed by atoms with E-state index in [4.69, 9.17) is 0 Å². The van der Waals surface area contributed by atoms with E-state index in [2.05, 4.69) is 13.5 Å². The van der Waals surface area contributed by atoms with E-state index >= 15 is 0 Å². The Morgan fingerprint density at radius 3 is 2.50 bits per heavy atom. The van der Waals surface area contributed by atoms with Crippen LogP contribution in [-0.4, -0.2) is 5.11 Å². The first-order valence-electron chi connectivity index (χ1n) is 6.03. The Morgan fingerprint density at radius 2 is 2.00 bits per heavy atom. The van der Waals surface area contributed by atoms with Gasteiger partial charge in [0.25, 0.3) is 0 Å². The maximum atomic E-state index is 10.6. The van der Waals surface area contributed by atoms with Gasteiger partial charge in [0.05, 0.1) is 5.60 Å². The van der Waals surface area contributed by atoms with Crippen molar-refractivity contribution < 1.29 is 5.11 Å². The number of rotatable bonds is 6. The highest BCUT2D eigenvalue weighted by atomic mass is 16.3. The van der Waals surface area contributed by atoms with Crippen LogP contribution >= 0.6 is 0 Å². The minimum Gasteiger partial charge on any atom is -0.385 e. The third-order valence-electron chi connectivity index (χ3n) is 3.23. The maximum Gasteiger partial charge on any atom is 0.0930 e. The van der Waals surface area contributed by atoms with Gasteiger partial charge in [-0.1, -0.05) is 56.2 Å². The Hall–Kier alpha value is -1.08. The topological polar surface area (TPSA) is 20.2 Å². The van der Waals surface area contributed by atoms with Crippen molar-refractivity contribution in [1.82, 2.24) is 0 Å². The van der Waals surface area contributed by atoms with Gasteiger partial charge in [-0.15, -0.1) is 6.58 Å². The highest BCUT2D eigenvalue weighted by molar-refractivity contribution is 5.23. The molecule has 0 aliphatic rings. The van der Waals surface area contributed by atoms with E-state index in [-0.39, 0.29) is 5.92 Å². The summed E-state index contributed by atoms with van der Waals surface area (Å²) >= 11 is 0. The summed E-state index contributed by atoms with van der Waals surface area (Å²) in [6, 6.07) is 9.84. The average molecular weight is 218 g/mol. The molecule has 0 aliphatic heterocycles. The van der Waals surface area contributed by atoms with Crippen molar-refractivity contribution >= 4 is 0 Å².